The molecule has 13 nitrogen and oxygen atoms in total. The lowest BCUT2D eigenvalue weighted by molar-refractivity contribution is -0.143. The third-order valence-corrected chi connectivity index (χ3v) is 5.44. The smallest absolute Gasteiger partial charge is 0.326 e. The van der Waals surface area contributed by atoms with Crippen molar-refractivity contribution in [1.82, 2.24) is 20.9 Å². The molecular formula is C21H27N5O8S. The van der Waals surface area contributed by atoms with Crippen molar-refractivity contribution in [2.75, 3.05) is 12.4 Å². The van der Waals surface area contributed by atoms with E-state index in [0.29, 0.717) is 5.56 Å². The first kappa shape index (κ1) is 27.6. The number of amides is 3. The molecule has 0 aliphatic carbocycles. The van der Waals surface area contributed by atoms with Gasteiger partial charge in [0.25, 0.3) is 0 Å². The van der Waals surface area contributed by atoms with Gasteiger partial charge in [-0.05, 0) is 11.6 Å². The number of hydrogen-bond donors (Lipinski definition) is 9. The molecule has 2 aromatic rings. The number of carboxylic acid groups (broad SMARTS) is 2. The molecule has 1 heterocycles. The van der Waals surface area contributed by atoms with Gasteiger partial charge in [-0.25, -0.2) is 4.79 Å². The zero-order chi connectivity index (χ0) is 26.1. The minimum absolute atomic E-state index is 0.0466. The third kappa shape index (κ3) is 7.70. The molecule has 35 heavy (non-hydrogen) atoms. The maximum absolute atomic E-state index is 12.7. The second kappa shape index (κ2) is 12.7. The second-order valence-corrected chi connectivity index (χ2v) is 8.02. The lowest BCUT2D eigenvalue weighted by atomic mass is 10.0. The quantitative estimate of drug-likeness (QED) is 0.136. The predicted octanol–water partition coefficient (Wildman–Crippen LogP) is -2.03. The van der Waals surface area contributed by atoms with Crippen molar-refractivity contribution in [2.45, 2.75) is 37.0 Å². The van der Waals surface area contributed by atoms with Crippen LogP contribution >= 0.6 is 12.6 Å². The Morgan fingerprint density at radius 3 is 2.14 bits per heavy atom. The van der Waals surface area contributed by atoms with Crippen molar-refractivity contribution in [1.29, 1.82) is 0 Å². The van der Waals surface area contributed by atoms with Gasteiger partial charge in [0.1, 0.15) is 24.2 Å². The first-order chi connectivity index (χ1) is 16.6. The van der Waals surface area contributed by atoms with Gasteiger partial charge in [0.2, 0.25) is 17.7 Å². The monoisotopic (exact) mass is 509 g/mol. The van der Waals surface area contributed by atoms with Crippen molar-refractivity contribution >= 4 is 53.2 Å². The molecule has 1 aromatic heterocycles. The number of aromatic amines is 1. The summed E-state index contributed by atoms with van der Waals surface area (Å²) >= 11 is 4.01. The molecule has 9 N–H and O–H groups in total. The molecule has 0 aliphatic heterocycles. The number of aliphatic hydroxyl groups is 1. The number of nitrogens with two attached hydrogens (primary N) is 1. The molecule has 4 atom stereocenters. The van der Waals surface area contributed by atoms with Crippen LogP contribution in [0.2, 0.25) is 0 Å². The average Bonchev–Trinajstić information content (AvgIpc) is 3.23. The molecular weight excluding hydrogens is 482 g/mol. The molecule has 2 rings (SSSR count). The topological polar surface area (TPSA) is 224 Å². The fraction of sp³-hybridized carbons (Fsp3) is 0.381. The lowest BCUT2D eigenvalue weighted by Gasteiger charge is -2.23. The molecule has 0 bridgehead atoms. The number of aliphatic carboxylic acids is 2. The van der Waals surface area contributed by atoms with E-state index in [9.17, 15) is 29.1 Å². The number of aromatic nitrogens is 1. The van der Waals surface area contributed by atoms with Crippen LogP contribution in [0.1, 0.15) is 12.0 Å². The number of fused-ring (bicyclic) bond motifs is 1. The van der Waals surface area contributed by atoms with E-state index >= 15 is 0 Å². The maximum atomic E-state index is 12.7. The summed E-state index contributed by atoms with van der Waals surface area (Å²) < 4.78 is 0. The number of H-pyrrole nitrogens is 1. The molecule has 3 amide bonds. The van der Waals surface area contributed by atoms with E-state index in [4.69, 9.17) is 15.9 Å². The van der Waals surface area contributed by atoms with E-state index in [1.807, 2.05) is 12.1 Å². The van der Waals surface area contributed by atoms with Gasteiger partial charge in [0, 0.05) is 29.3 Å². The van der Waals surface area contributed by atoms with Crippen molar-refractivity contribution in [2.24, 2.45) is 5.73 Å². The van der Waals surface area contributed by atoms with Crippen LogP contribution in [0, 0.1) is 0 Å². The molecule has 0 fully saturated rings. The SMILES string of the molecule is NC(CO)C(=O)NC(CC(=O)O)C(=O)NC(CS)C(=O)NC(Cc1c[nH]c2ccccc12)C(=O)O. The number of benzene rings is 1. The molecule has 0 spiro atoms. The Kier molecular flexibility index (Phi) is 10.1. The summed E-state index contributed by atoms with van der Waals surface area (Å²) in [5, 5.41) is 35.1. The van der Waals surface area contributed by atoms with E-state index in [2.05, 4.69) is 33.6 Å². The number of thiol groups is 1. The Balaban J connectivity index is 2.10. The van der Waals surface area contributed by atoms with Crippen LogP contribution in [-0.2, 0) is 30.4 Å². The molecule has 190 valence electrons. The molecule has 0 saturated carbocycles. The number of aliphatic hydroxyl groups excluding tert-OH is 1. The summed E-state index contributed by atoms with van der Waals surface area (Å²) in [5.41, 5.74) is 6.82. The summed E-state index contributed by atoms with van der Waals surface area (Å²) in [5.74, 6) is -5.83. The van der Waals surface area contributed by atoms with Gasteiger partial charge in [-0.1, -0.05) is 18.2 Å². The highest BCUT2D eigenvalue weighted by molar-refractivity contribution is 7.80. The van der Waals surface area contributed by atoms with Gasteiger partial charge in [-0.15, -0.1) is 0 Å². The van der Waals surface area contributed by atoms with E-state index in [0.717, 1.165) is 10.9 Å². The van der Waals surface area contributed by atoms with E-state index in [-0.39, 0.29) is 12.2 Å². The number of rotatable bonds is 13. The van der Waals surface area contributed by atoms with Crippen molar-refractivity contribution in [3.63, 3.8) is 0 Å². The predicted molar refractivity (Wildman–Crippen MR) is 127 cm³/mol. The Morgan fingerprint density at radius 1 is 0.943 bits per heavy atom. The van der Waals surface area contributed by atoms with Crippen molar-refractivity contribution in [3.8, 4) is 0 Å². The maximum Gasteiger partial charge on any atom is 0.326 e. The second-order valence-electron chi connectivity index (χ2n) is 7.65. The fourth-order valence-corrected chi connectivity index (χ4v) is 3.46. The third-order valence-electron chi connectivity index (χ3n) is 5.07. The Bertz CT molecular complexity index is 1090. The molecule has 0 saturated heterocycles. The van der Waals surface area contributed by atoms with Crippen LogP contribution in [0.15, 0.2) is 30.5 Å². The molecule has 14 heteroatoms. The first-order valence-corrected chi connectivity index (χ1v) is 11.1. The number of carboxylic acids is 2. The van der Waals surface area contributed by atoms with E-state index in [1.165, 1.54) is 0 Å². The Labute approximate surface area is 204 Å². The number of para-hydroxylation sites is 1. The minimum Gasteiger partial charge on any atom is -0.481 e. The number of nitrogens with one attached hydrogen (secondary N) is 4. The van der Waals surface area contributed by atoms with Gasteiger partial charge in [-0.2, -0.15) is 12.6 Å². The summed E-state index contributed by atoms with van der Waals surface area (Å²) in [6, 6.07) is 1.57. The van der Waals surface area contributed by atoms with Crippen LogP contribution in [0.4, 0.5) is 0 Å². The highest BCUT2D eigenvalue weighted by atomic mass is 32.1. The van der Waals surface area contributed by atoms with E-state index in [1.54, 1.807) is 18.3 Å². The standard InChI is InChI=1S/C21H27N5O8S/c22-12(8-27)18(30)24-14(6-17(28)29)19(31)26-16(9-35)20(32)25-15(21(33)34)5-10-7-23-13-4-2-1-3-11(10)13/h1-4,7,12,14-16,23,27,35H,5-6,8-9,22H2,(H,24,30)(H,25,32)(H,26,31)(H,28,29)(H,33,34). The zero-order valence-electron chi connectivity index (χ0n) is 18.4. The number of hydrogen-bond acceptors (Lipinski definition) is 8. The molecule has 4 unspecified atom stereocenters. The van der Waals surface area contributed by atoms with Crippen LogP contribution in [0.5, 0.6) is 0 Å². The van der Waals surface area contributed by atoms with Crippen LogP contribution in [-0.4, -0.2) is 86.5 Å². The van der Waals surface area contributed by atoms with Gasteiger partial charge in [0.05, 0.1) is 13.0 Å². The molecule has 0 aliphatic rings. The summed E-state index contributed by atoms with van der Waals surface area (Å²) in [6.45, 7) is -0.734. The summed E-state index contributed by atoms with van der Waals surface area (Å²) in [7, 11) is 0. The number of carbonyl (C=O) groups is 5. The highest BCUT2D eigenvalue weighted by Gasteiger charge is 2.31. The molecule has 1 aromatic carbocycles. The van der Waals surface area contributed by atoms with Gasteiger partial charge < -0.3 is 42.0 Å². The van der Waals surface area contributed by atoms with E-state index < -0.39 is 66.9 Å². The van der Waals surface area contributed by atoms with Crippen LogP contribution < -0.4 is 21.7 Å². The number of carbonyl (C=O) groups excluding carboxylic acids is 3. The highest BCUT2D eigenvalue weighted by Crippen LogP contribution is 2.19. The minimum atomic E-state index is -1.60. The van der Waals surface area contributed by atoms with Crippen LogP contribution in [0.25, 0.3) is 10.9 Å². The summed E-state index contributed by atoms with van der Waals surface area (Å²) in [4.78, 5) is 63.2. The van der Waals surface area contributed by atoms with Gasteiger partial charge in [0.15, 0.2) is 0 Å². The molecule has 0 radical (unpaired) electrons. The lowest BCUT2D eigenvalue weighted by Crippen LogP contribution is -2.58. The van der Waals surface area contributed by atoms with Crippen molar-refractivity contribution in [3.05, 3.63) is 36.0 Å². The Hall–Kier alpha value is -3.62. The Morgan fingerprint density at radius 2 is 1.54 bits per heavy atom. The first-order valence-electron chi connectivity index (χ1n) is 10.4. The van der Waals surface area contributed by atoms with Crippen LogP contribution in [0.3, 0.4) is 0 Å². The van der Waals surface area contributed by atoms with Gasteiger partial charge in [-0.3, -0.25) is 19.2 Å². The fourth-order valence-electron chi connectivity index (χ4n) is 3.20. The average molecular weight is 510 g/mol. The van der Waals surface area contributed by atoms with Gasteiger partial charge >= 0.3 is 11.9 Å². The largest absolute Gasteiger partial charge is 0.481 e. The summed E-state index contributed by atoms with van der Waals surface area (Å²) in [6.07, 6.45) is 0.769. The normalized spacial score (nSPS) is 14.4. The zero-order valence-corrected chi connectivity index (χ0v) is 19.3. The van der Waals surface area contributed by atoms with Crippen molar-refractivity contribution < 1.29 is 39.3 Å².